The van der Waals surface area contributed by atoms with E-state index in [1.54, 1.807) is 6.07 Å². The molecule has 1 aromatic heterocycles. The second-order valence-corrected chi connectivity index (χ2v) is 5.31. The monoisotopic (exact) mass is 262 g/mol. The zero-order chi connectivity index (χ0) is 12.3. The highest BCUT2D eigenvalue weighted by atomic mass is 35.5. The average Bonchev–Trinajstić information content (AvgIpc) is 2.80. The first-order chi connectivity index (χ1) is 8.75. The molecular weight excluding hydrogens is 251 g/mol. The van der Waals surface area contributed by atoms with Crippen LogP contribution >= 0.6 is 11.6 Å². The predicted octanol–water partition coefficient (Wildman–Crippen LogP) is 3.19. The van der Waals surface area contributed by atoms with Crippen LogP contribution in [0.4, 0.5) is 4.39 Å². The van der Waals surface area contributed by atoms with Crippen molar-refractivity contribution in [3.63, 3.8) is 0 Å². The SMILES string of the molecule is Fc1c(Cl)cc2c3c1ccn3CC1NCCC=C21. The minimum Gasteiger partial charge on any atom is -0.345 e. The van der Waals surface area contributed by atoms with Gasteiger partial charge in [0.2, 0.25) is 0 Å². The third-order valence-corrected chi connectivity index (χ3v) is 4.18. The molecule has 2 aliphatic heterocycles. The Hall–Kier alpha value is -1.32. The van der Waals surface area contributed by atoms with Crippen molar-refractivity contribution in [3.05, 3.63) is 40.8 Å². The summed E-state index contributed by atoms with van der Waals surface area (Å²) in [5, 5.41) is 4.34. The molecule has 1 unspecified atom stereocenters. The molecule has 0 aliphatic carbocycles. The number of halogens is 2. The molecule has 4 rings (SSSR count). The van der Waals surface area contributed by atoms with Crippen LogP contribution in [0.1, 0.15) is 12.0 Å². The molecule has 18 heavy (non-hydrogen) atoms. The van der Waals surface area contributed by atoms with Crippen molar-refractivity contribution in [1.82, 2.24) is 9.88 Å². The number of hydrogen-bond acceptors (Lipinski definition) is 1. The predicted molar refractivity (Wildman–Crippen MR) is 71.3 cm³/mol. The van der Waals surface area contributed by atoms with Gasteiger partial charge >= 0.3 is 0 Å². The quantitative estimate of drug-likeness (QED) is 0.772. The summed E-state index contributed by atoms with van der Waals surface area (Å²) in [5.74, 6) is -0.308. The summed E-state index contributed by atoms with van der Waals surface area (Å²) in [6.07, 6.45) is 5.21. The van der Waals surface area contributed by atoms with Gasteiger partial charge in [0.25, 0.3) is 0 Å². The normalized spacial score (nSPS) is 21.9. The van der Waals surface area contributed by atoms with Gasteiger partial charge in [-0.25, -0.2) is 4.39 Å². The Bertz CT molecular complexity index is 687. The van der Waals surface area contributed by atoms with Crippen LogP contribution in [0.3, 0.4) is 0 Å². The molecule has 2 aliphatic rings. The maximum atomic E-state index is 14.0. The van der Waals surface area contributed by atoms with Crippen molar-refractivity contribution < 1.29 is 4.39 Å². The zero-order valence-electron chi connectivity index (χ0n) is 9.71. The summed E-state index contributed by atoms with van der Waals surface area (Å²) in [6.45, 7) is 1.87. The van der Waals surface area contributed by atoms with Crippen molar-refractivity contribution in [2.45, 2.75) is 19.0 Å². The molecule has 92 valence electrons. The molecular formula is C14H12ClFN2. The van der Waals surface area contributed by atoms with E-state index in [0.717, 1.165) is 30.6 Å². The van der Waals surface area contributed by atoms with E-state index in [0.29, 0.717) is 11.4 Å². The number of rotatable bonds is 0. The Balaban J connectivity index is 2.11. The van der Waals surface area contributed by atoms with E-state index < -0.39 is 0 Å². The molecule has 0 amide bonds. The third-order valence-electron chi connectivity index (χ3n) is 3.90. The zero-order valence-corrected chi connectivity index (χ0v) is 10.5. The molecule has 0 saturated carbocycles. The van der Waals surface area contributed by atoms with Crippen LogP contribution in [-0.2, 0) is 6.54 Å². The number of benzene rings is 1. The number of nitrogens with one attached hydrogen (secondary N) is 1. The Kier molecular flexibility index (Phi) is 2.11. The van der Waals surface area contributed by atoms with Gasteiger partial charge in [0.1, 0.15) is 0 Å². The summed E-state index contributed by atoms with van der Waals surface area (Å²) < 4.78 is 16.1. The average molecular weight is 263 g/mol. The second-order valence-electron chi connectivity index (χ2n) is 4.91. The summed E-state index contributed by atoms with van der Waals surface area (Å²) in [5.41, 5.74) is 3.31. The lowest BCUT2D eigenvalue weighted by Crippen LogP contribution is -2.39. The summed E-state index contributed by atoms with van der Waals surface area (Å²) in [4.78, 5) is 0. The lowest BCUT2D eigenvalue weighted by molar-refractivity contribution is 0.515. The molecule has 0 radical (unpaired) electrons. The minimum atomic E-state index is -0.308. The highest BCUT2D eigenvalue weighted by Gasteiger charge is 2.28. The van der Waals surface area contributed by atoms with Gasteiger partial charge in [-0.1, -0.05) is 17.7 Å². The number of fused-ring (bicyclic) bond motifs is 2. The molecule has 0 bridgehead atoms. The summed E-state index contributed by atoms with van der Waals surface area (Å²) in [7, 11) is 0. The van der Waals surface area contributed by atoms with E-state index in [9.17, 15) is 4.39 Å². The summed E-state index contributed by atoms with van der Waals surface area (Å²) in [6, 6.07) is 3.90. The van der Waals surface area contributed by atoms with E-state index in [-0.39, 0.29) is 10.8 Å². The Labute approximate surface area is 109 Å². The number of nitrogens with zero attached hydrogens (tertiary/aromatic N) is 1. The van der Waals surface area contributed by atoms with Gasteiger partial charge in [0.05, 0.1) is 16.6 Å². The molecule has 2 aromatic rings. The fourth-order valence-electron chi connectivity index (χ4n) is 3.10. The maximum Gasteiger partial charge on any atom is 0.151 e. The van der Waals surface area contributed by atoms with E-state index in [2.05, 4.69) is 16.0 Å². The van der Waals surface area contributed by atoms with E-state index >= 15 is 0 Å². The topological polar surface area (TPSA) is 17.0 Å². The Morgan fingerprint density at radius 2 is 2.33 bits per heavy atom. The number of aromatic nitrogens is 1. The van der Waals surface area contributed by atoms with Gasteiger partial charge in [-0.3, -0.25) is 0 Å². The molecule has 3 heterocycles. The second kappa shape index (κ2) is 3.59. The van der Waals surface area contributed by atoms with Crippen LogP contribution in [0.5, 0.6) is 0 Å². The van der Waals surface area contributed by atoms with Crippen LogP contribution in [0.2, 0.25) is 5.02 Å². The molecule has 2 nitrogen and oxygen atoms in total. The first-order valence-corrected chi connectivity index (χ1v) is 6.54. The first-order valence-electron chi connectivity index (χ1n) is 6.16. The van der Waals surface area contributed by atoms with Gasteiger partial charge in [-0.15, -0.1) is 0 Å². The van der Waals surface area contributed by atoms with Crippen molar-refractivity contribution in [2.24, 2.45) is 0 Å². The van der Waals surface area contributed by atoms with Crippen molar-refractivity contribution in [1.29, 1.82) is 0 Å². The van der Waals surface area contributed by atoms with Gasteiger partial charge in [0, 0.05) is 23.7 Å². The van der Waals surface area contributed by atoms with Crippen LogP contribution in [0, 0.1) is 5.82 Å². The highest BCUT2D eigenvalue weighted by molar-refractivity contribution is 6.32. The summed E-state index contributed by atoms with van der Waals surface area (Å²) >= 11 is 6.00. The molecule has 1 N–H and O–H groups in total. The molecule has 0 saturated heterocycles. The smallest absolute Gasteiger partial charge is 0.151 e. The van der Waals surface area contributed by atoms with Gasteiger partial charge in [-0.05, 0) is 30.7 Å². The largest absolute Gasteiger partial charge is 0.345 e. The van der Waals surface area contributed by atoms with E-state index in [1.807, 2.05) is 12.3 Å². The van der Waals surface area contributed by atoms with Gasteiger partial charge in [-0.2, -0.15) is 0 Å². The standard InChI is InChI=1S/C14H12ClFN2/c15-11-6-10-8-2-1-4-17-12(8)7-18-5-3-9(13(11)16)14(10)18/h2-3,5-6,12,17H,1,4,7H2. The fraction of sp³-hybridized carbons (Fsp3) is 0.286. The van der Waals surface area contributed by atoms with Crippen LogP contribution in [0.25, 0.3) is 16.5 Å². The minimum absolute atomic E-state index is 0.211. The third kappa shape index (κ3) is 1.26. The maximum absolute atomic E-state index is 14.0. The lowest BCUT2D eigenvalue weighted by atomic mass is 9.90. The molecule has 1 atom stereocenters. The van der Waals surface area contributed by atoms with Crippen molar-refractivity contribution in [3.8, 4) is 0 Å². The number of hydrogen-bond donors (Lipinski definition) is 1. The highest BCUT2D eigenvalue weighted by Crippen LogP contribution is 2.38. The fourth-order valence-corrected chi connectivity index (χ4v) is 3.31. The first kappa shape index (κ1) is 10.6. The van der Waals surface area contributed by atoms with Crippen LogP contribution in [0.15, 0.2) is 24.4 Å². The van der Waals surface area contributed by atoms with Crippen molar-refractivity contribution in [2.75, 3.05) is 6.54 Å². The van der Waals surface area contributed by atoms with E-state index in [4.69, 9.17) is 11.6 Å². The van der Waals surface area contributed by atoms with Gasteiger partial charge in [0.15, 0.2) is 5.82 Å². The Morgan fingerprint density at radius 1 is 1.44 bits per heavy atom. The van der Waals surface area contributed by atoms with Gasteiger partial charge < -0.3 is 9.88 Å². The molecule has 0 fully saturated rings. The molecule has 4 heteroatoms. The van der Waals surface area contributed by atoms with Crippen LogP contribution < -0.4 is 5.32 Å². The lowest BCUT2D eigenvalue weighted by Gasteiger charge is -2.31. The molecule has 1 aromatic carbocycles. The van der Waals surface area contributed by atoms with Crippen LogP contribution in [-0.4, -0.2) is 17.2 Å². The van der Waals surface area contributed by atoms with Crippen molar-refractivity contribution >= 4 is 28.1 Å². The van der Waals surface area contributed by atoms with E-state index in [1.165, 1.54) is 5.57 Å². The Morgan fingerprint density at radius 3 is 3.22 bits per heavy atom. The molecule has 0 spiro atoms.